The summed E-state index contributed by atoms with van der Waals surface area (Å²) >= 11 is 3.26. The highest BCUT2D eigenvalue weighted by Crippen LogP contribution is 2.24. The summed E-state index contributed by atoms with van der Waals surface area (Å²) in [5.41, 5.74) is 0.872. The zero-order chi connectivity index (χ0) is 10.6. The third-order valence-electron chi connectivity index (χ3n) is 2.06. The topological polar surface area (TPSA) is 41.5 Å². The Bertz CT molecular complexity index is 261. The molecule has 3 nitrogen and oxygen atoms in total. The summed E-state index contributed by atoms with van der Waals surface area (Å²) in [7, 11) is 0. The van der Waals surface area contributed by atoms with Crippen LogP contribution >= 0.6 is 15.9 Å². The van der Waals surface area contributed by atoms with Crippen LogP contribution in [0.1, 0.15) is 26.7 Å². The summed E-state index contributed by atoms with van der Waals surface area (Å²) < 4.78 is 6.22. The maximum Gasteiger partial charge on any atom is 0.148 e. The summed E-state index contributed by atoms with van der Waals surface area (Å²) in [6.45, 7) is 4.65. The van der Waals surface area contributed by atoms with Crippen LogP contribution < -0.4 is 5.32 Å². The van der Waals surface area contributed by atoms with Gasteiger partial charge in [0.15, 0.2) is 0 Å². The van der Waals surface area contributed by atoms with E-state index in [0.29, 0.717) is 16.8 Å². The second-order valence-electron chi connectivity index (χ2n) is 3.27. The van der Waals surface area contributed by atoms with Gasteiger partial charge in [0.05, 0.1) is 12.3 Å². The van der Waals surface area contributed by atoms with E-state index in [1.807, 2.05) is 6.92 Å². The molecular formula is C10H16BrNO2. The lowest BCUT2D eigenvalue weighted by atomic mass is 10.2. The Morgan fingerprint density at radius 3 is 3.00 bits per heavy atom. The Hall–Kier alpha value is -0.480. The second-order valence-corrected chi connectivity index (χ2v) is 4.18. The van der Waals surface area contributed by atoms with Gasteiger partial charge in [0.2, 0.25) is 0 Å². The molecule has 0 spiro atoms. The molecule has 1 rings (SSSR count). The van der Waals surface area contributed by atoms with Gasteiger partial charge in [-0.1, -0.05) is 29.3 Å². The average molecular weight is 262 g/mol. The Kier molecular flexibility index (Phi) is 4.48. The monoisotopic (exact) mass is 261 g/mol. The average Bonchev–Trinajstić information content (AvgIpc) is 2.18. The molecule has 1 atom stereocenters. The van der Waals surface area contributed by atoms with Crippen molar-refractivity contribution < 1.29 is 9.84 Å². The molecule has 1 unspecified atom stereocenters. The molecule has 0 saturated carbocycles. The predicted molar refractivity (Wildman–Crippen MR) is 59.7 cm³/mol. The molecule has 4 heteroatoms. The first-order chi connectivity index (χ1) is 6.66. The minimum atomic E-state index is -0.659. The van der Waals surface area contributed by atoms with Crippen molar-refractivity contribution in [2.45, 2.75) is 32.8 Å². The minimum Gasteiger partial charge on any atom is -0.493 e. The molecule has 0 fully saturated rings. The summed E-state index contributed by atoms with van der Waals surface area (Å²) in [6, 6.07) is 0. The lowest BCUT2D eigenvalue weighted by molar-refractivity contribution is 0.117. The third kappa shape index (κ3) is 2.75. The highest BCUT2D eigenvalue weighted by Gasteiger charge is 2.21. The zero-order valence-electron chi connectivity index (χ0n) is 8.51. The van der Waals surface area contributed by atoms with Crippen LogP contribution in [0.3, 0.4) is 0 Å². The van der Waals surface area contributed by atoms with Crippen LogP contribution in [0, 0.1) is 0 Å². The summed E-state index contributed by atoms with van der Waals surface area (Å²) in [5, 5.41) is 12.8. The van der Waals surface area contributed by atoms with Gasteiger partial charge in [-0.15, -0.1) is 0 Å². The summed E-state index contributed by atoms with van der Waals surface area (Å²) in [4.78, 5) is 0. The molecule has 0 amide bonds. The number of hydrogen-bond donors (Lipinski definition) is 2. The van der Waals surface area contributed by atoms with Crippen molar-refractivity contribution in [3.63, 3.8) is 0 Å². The number of aliphatic hydroxyl groups is 1. The van der Waals surface area contributed by atoms with Crippen LogP contribution in [0.2, 0.25) is 0 Å². The van der Waals surface area contributed by atoms with Gasteiger partial charge in [0, 0.05) is 10.7 Å². The van der Waals surface area contributed by atoms with Gasteiger partial charge in [-0.25, -0.2) is 0 Å². The third-order valence-corrected chi connectivity index (χ3v) is 2.72. The van der Waals surface area contributed by atoms with Crippen LogP contribution in [0.15, 0.2) is 22.1 Å². The number of hydrogen-bond acceptors (Lipinski definition) is 3. The standard InChI is InChI=1S/C10H16BrNO2/c1-3-4-5-14-10-7(2)12-6-8(11)9(10)13/h6,9,12-13H,3-5H2,1-2H3. The molecule has 0 saturated heterocycles. The zero-order valence-corrected chi connectivity index (χ0v) is 10.1. The van der Waals surface area contributed by atoms with Crippen LogP contribution in [-0.2, 0) is 4.74 Å². The van der Waals surface area contributed by atoms with Crippen LogP contribution in [-0.4, -0.2) is 17.8 Å². The maximum atomic E-state index is 9.77. The van der Waals surface area contributed by atoms with Gasteiger partial charge in [-0.05, 0) is 13.3 Å². The van der Waals surface area contributed by atoms with Crippen molar-refractivity contribution in [3.05, 3.63) is 22.1 Å². The van der Waals surface area contributed by atoms with Crippen molar-refractivity contribution in [3.8, 4) is 0 Å². The molecule has 0 radical (unpaired) electrons. The number of dihydropyridines is 1. The van der Waals surface area contributed by atoms with Crippen LogP contribution in [0.4, 0.5) is 0 Å². The fraction of sp³-hybridized carbons (Fsp3) is 0.600. The van der Waals surface area contributed by atoms with Crippen molar-refractivity contribution >= 4 is 15.9 Å². The highest BCUT2D eigenvalue weighted by atomic mass is 79.9. The summed E-state index contributed by atoms with van der Waals surface area (Å²) in [5.74, 6) is 0.618. The molecule has 1 aliphatic rings. The number of ether oxygens (including phenoxy) is 1. The van der Waals surface area contributed by atoms with E-state index in [-0.39, 0.29) is 0 Å². The Morgan fingerprint density at radius 2 is 2.36 bits per heavy atom. The van der Waals surface area contributed by atoms with Crippen molar-refractivity contribution in [2.24, 2.45) is 0 Å². The fourth-order valence-electron chi connectivity index (χ4n) is 1.17. The molecule has 14 heavy (non-hydrogen) atoms. The Labute approximate surface area is 93.0 Å². The number of allylic oxidation sites excluding steroid dienone is 1. The number of rotatable bonds is 4. The van der Waals surface area contributed by atoms with Gasteiger partial charge < -0.3 is 15.2 Å². The van der Waals surface area contributed by atoms with Crippen molar-refractivity contribution in [1.82, 2.24) is 5.32 Å². The number of halogens is 1. The largest absolute Gasteiger partial charge is 0.493 e. The van der Waals surface area contributed by atoms with E-state index < -0.39 is 6.10 Å². The molecule has 2 N–H and O–H groups in total. The van der Waals surface area contributed by atoms with E-state index in [2.05, 4.69) is 28.2 Å². The normalized spacial score (nSPS) is 21.7. The minimum absolute atomic E-state index is 0.618. The highest BCUT2D eigenvalue weighted by molar-refractivity contribution is 9.11. The first-order valence-corrected chi connectivity index (χ1v) is 5.59. The lowest BCUT2D eigenvalue weighted by Crippen LogP contribution is -2.25. The Morgan fingerprint density at radius 1 is 1.64 bits per heavy atom. The quantitative estimate of drug-likeness (QED) is 0.763. The molecule has 0 aromatic rings. The van der Waals surface area contributed by atoms with E-state index >= 15 is 0 Å². The number of aliphatic hydroxyl groups excluding tert-OH is 1. The van der Waals surface area contributed by atoms with Gasteiger partial charge in [-0.3, -0.25) is 0 Å². The van der Waals surface area contributed by atoms with Crippen molar-refractivity contribution in [1.29, 1.82) is 0 Å². The molecule has 1 aliphatic heterocycles. The van der Waals surface area contributed by atoms with Crippen molar-refractivity contribution in [2.75, 3.05) is 6.61 Å². The maximum absolute atomic E-state index is 9.77. The fourth-order valence-corrected chi connectivity index (χ4v) is 1.49. The van der Waals surface area contributed by atoms with Crippen LogP contribution in [0.5, 0.6) is 0 Å². The number of unbranched alkanes of at least 4 members (excludes halogenated alkanes) is 1. The molecule has 0 aromatic carbocycles. The lowest BCUT2D eigenvalue weighted by Gasteiger charge is -2.22. The number of nitrogens with one attached hydrogen (secondary N) is 1. The molecular weight excluding hydrogens is 246 g/mol. The molecule has 0 bridgehead atoms. The first-order valence-electron chi connectivity index (χ1n) is 4.80. The Balaban J connectivity index is 2.56. The molecule has 0 aliphatic carbocycles. The molecule has 80 valence electrons. The van der Waals surface area contributed by atoms with Crippen LogP contribution in [0.25, 0.3) is 0 Å². The van der Waals surface area contributed by atoms with E-state index in [4.69, 9.17) is 4.74 Å². The van der Waals surface area contributed by atoms with Gasteiger partial charge in [0.25, 0.3) is 0 Å². The van der Waals surface area contributed by atoms with E-state index in [1.165, 1.54) is 0 Å². The molecule has 1 heterocycles. The van der Waals surface area contributed by atoms with E-state index in [9.17, 15) is 5.11 Å². The summed E-state index contributed by atoms with van der Waals surface area (Å²) in [6.07, 6.45) is 3.16. The van der Waals surface area contributed by atoms with E-state index in [1.54, 1.807) is 6.20 Å². The second kappa shape index (κ2) is 5.41. The first kappa shape index (κ1) is 11.6. The smallest absolute Gasteiger partial charge is 0.148 e. The predicted octanol–water partition coefficient (Wildman–Crippen LogP) is 2.23. The van der Waals surface area contributed by atoms with E-state index in [0.717, 1.165) is 18.5 Å². The molecule has 0 aromatic heterocycles. The SMILES string of the molecule is CCCCOC1=C(C)NC=C(Br)C1O. The van der Waals surface area contributed by atoms with Gasteiger partial charge >= 0.3 is 0 Å². The van der Waals surface area contributed by atoms with Gasteiger partial charge in [0.1, 0.15) is 11.9 Å². The van der Waals surface area contributed by atoms with Gasteiger partial charge in [-0.2, -0.15) is 0 Å².